The maximum atomic E-state index is 15.1. The smallest absolute Gasteiger partial charge is 0.399 e. The standard InChI is InChI=1S/C23H22F4N6O/c1-13(14-8-15(23(25,26)27)10-16(28)9-14)30-21-17-11-20(32-4-6-34-7-5-32)18(24)12-19(17)33-3-2-29-22(33)31-21/h2-3,8-13H,4-7,28H2,1H3,(H,29,30,31). The topological polar surface area (TPSA) is 80.7 Å². The van der Waals surface area contributed by atoms with Gasteiger partial charge in [-0.2, -0.15) is 18.2 Å². The van der Waals surface area contributed by atoms with Crippen molar-refractivity contribution in [2.45, 2.75) is 19.1 Å². The Hall–Kier alpha value is -3.60. The molecule has 0 radical (unpaired) electrons. The number of morpholine rings is 1. The summed E-state index contributed by atoms with van der Waals surface area (Å²) >= 11 is 0. The molecule has 1 aliphatic rings. The molecule has 11 heteroatoms. The summed E-state index contributed by atoms with van der Waals surface area (Å²) in [6, 6.07) is 6.00. The zero-order valence-corrected chi connectivity index (χ0v) is 18.2. The number of nitrogens with zero attached hydrogens (tertiary/aromatic N) is 4. The second-order valence-electron chi connectivity index (χ2n) is 8.23. The van der Waals surface area contributed by atoms with Crippen LogP contribution in [0.3, 0.4) is 0 Å². The van der Waals surface area contributed by atoms with E-state index in [1.807, 2.05) is 4.90 Å². The number of hydrogen-bond donors (Lipinski definition) is 2. The first-order chi connectivity index (χ1) is 16.2. The first kappa shape index (κ1) is 22.2. The average Bonchev–Trinajstić information content (AvgIpc) is 3.27. The van der Waals surface area contributed by atoms with E-state index >= 15 is 4.39 Å². The molecule has 0 amide bonds. The van der Waals surface area contributed by atoms with Crippen molar-refractivity contribution in [2.75, 3.05) is 42.3 Å². The summed E-state index contributed by atoms with van der Waals surface area (Å²) in [5.74, 6) is 0.330. The highest BCUT2D eigenvalue weighted by molar-refractivity contribution is 5.94. The first-order valence-corrected chi connectivity index (χ1v) is 10.7. The van der Waals surface area contributed by atoms with E-state index in [9.17, 15) is 13.2 Å². The Bertz CT molecular complexity index is 1360. The molecule has 0 spiro atoms. The lowest BCUT2D eigenvalue weighted by atomic mass is 10.0. The Balaban J connectivity index is 1.60. The molecule has 4 aromatic rings. The van der Waals surface area contributed by atoms with E-state index in [1.165, 1.54) is 12.1 Å². The maximum Gasteiger partial charge on any atom is 0.416 e. The summed E-state index contributed by atoms with van der Waals surface area (Å²) in [4.78, 5) is 10.7. The molecular formula is C23H22F4N6O. The van der Waals surface area contributed by atoms with Gasteiger partial charge in [0.25, 0.3) is 0 Å². The Morgan fingerprint density at radius 3 is 2.62 bits per heavy atom. The van der Waals surface area contributed by atoms with Crippen molar-refractivity contribution in [3.8, 4) is 0 Å². The van der Waals surface area contributed by atoms with Gasteiger partial charge in [0.1, 0.15) is 11.6 Å². The summed E-state index contributed by atoms with van der Waals surface area (Å²) in [6.07, 6.45) is -1.29. The van der Waals surface area contributed by atoms with Gasteiger partial charge in [-0.3, -0.25) is 4.40 Å². The summed E-state index contributed by atoms with van der Waals surface area (Å²) < 4.78 is 62.0. The van der Waals surface area contributed by atoms with Gasteiger partial charge in [0, 0.05) is 42.6 Å². The molecule has 178 valence electrons. The van der Waals surface area contributed by atoms with E-state index in [1.54, 1.807) is 29.8 Å². The number of nitrogen functional groups attached to an aromatic ring is 1. The Kier molecular flexibility index (Phi) is 5.43. The molecule has 3 N–H and O–H groups in total. The van der Waals surface area contributed by atoms with Crippen LogP contribution in [0.15, 0.2) is 42.7 Å². The van der Waals surface area contributed by atoms with Crippen LogP contribution in [0.5, 0.6) is 0 Å². The van der Waals surface area contributed by atoms with Gasteiger partial charge in [0.05, 0.1) is 36.0 Å². The second kappa shape index (κ2) is 8.32. The highest BCUT2D eigenvalue weighted by Crippen LogP contribution is 2.35. The van der Waals surface area contributed by atoms with Crippen LogP contribution in [-0.4, -0.2) is 40.7 Å². The molecule has 3 heterocycles. The fraction of sp³-hybridized carbons (Fsp3) is 0.304. The Labute approximate surface area is 192 Å². The van der Waals surface area contributed by atoms with Crippen LogP contribution in [0.4, 0.5) is 34.8 Å². The molecule has 0 aliphatic carbocycles. The van der Waals surface area contributed by atoms with Crippen LogP contribution >= 0.6 is 0 Å². The van der Waals surface area contributed by atoms with E-state index in [4.69, 9.17) is 10.5 Å². The van der Waals surface area contributed by atoms with Crippen molar-refractivity contribution in [1.82, 2.24) is 14.4 Å². The number of fused-ring (bicyclic) bond motifs is 3. The third kappa shape index (κ3) is 4.07. The molecular weight excluding hydrogens is 452 g/mol. The maximum absolute atomic E-state index is 15.1. The third-order valence-electron chi connectivity index (χ3n) is 5.92. The van der Waals surface area contributed by atoms with E-state index in [0.717, 1.165) is 12.1 Å². The minimum absolute atomic E-state index is 0.0108. The lowest BCUT2D eigenvalue weighted by Gasteiger charge is -2.29. The monoisotopic (exact) mass is 474 g/mol. The van der Waals surface area contributed by atoms with E-state index in [0.29, 0.717) is 60.1 Å². The van der Waals surface area contributed by atoms with E-state index < -0.39 is 17.8 Å². The average molecular weight is 474 g/mol. The predicted octanol–water partition coefficient (Wildman–Crippen LogP) is 4.63. The van der Waals surface area contributed by atoms with Crippen molar-refractivity contribution >= 4 is 33.9 Å². The lowest BCUT2D eigenvalue weighted by Crippen LogP contribution is -2.36. The molecule has 1 atom stereocenters. The fourth-order valence-corrected chi connectivity index (χ4v) is 4.20. The molecule has 34 heavy (non-hydrogen) atoms. The summed E-state index contributed by atoms with van der Waals surface area (Å²) in [6.45, 7) is 3.80. The molecule has 2 aromatic heterocycles. The number of nitrogens with two attached hydrogens (primary N) is 1. The van der Waals surface area contributed by atoms with Crippen molar-refractivity contribution < 1.29 is 22.3 Å². The fourth-order valence-electron chi connectivity index (χ4n) is 4.20. The minimum Gasteiger partial charge on any atom is -0.399 e. The van der Waals surface area contributed by atoms with Crippen molar-refractivity contribution in [1.29, 1.82) is 0 Å². The summed E-state index contributed by atoms with van der Waals surface area (Å²) in [5, 5.41) is 3.80. The van der Waals surface area contributed by atoms with Crippen LogP contribution in [0, 0.1) is 5.82 Å². The molecule has 5 rings (SSSR count). The van der Waals surface area contributed by atoms with Crippen molar-refractivity contribution in [3.05, 3.63) is 59.7 Å². The third-order valence-corrected chi connectivity index (χ3v) is 5.92. The predicted molar refractivity (Wildman–Crippen MR) is 121 cm³/mol. The normalized spacial score (nSPS) is 15.7. The number of hydrogen-bond acceptors (Lipinski definition) is 6. The quantitative estimate of drug-likeness (QED) is 0.332. The SMILES string of the molecule is CC(Nc1nc2nccn2c2cc(F)c(N3CCOCC3)cc12)c1cc(N)cc(C(F)(F)F)c1. The number of rotatable bonds is 4. The number of anilines is 3. The molecule has 0 bridgehead atoms. The number of halogens is 4. The van der Waals surface area contributed by atoms with Crippen LogP contribution in [0.2, 0.25) is 0 Å². The molecule has 7 nitrogen and oxygen atoms in total. The van der Waals surface area contributed by atoms with Crippen molar-refractivity contribution in [3.63, 3.8) is 0 Å². The second-order valence-corrected chi connectivity index (χ2v) is 8.23. The Morgan fingerprint density at radius 1 is 1.12 bits per heavy atom. The van der Waals surface area contributed by atoms with Gasteiger partial charge in [-0.1, -0.05) is 0 Å². The molecule has 1 aliphatic heterocycles. The molecule has 0 saturated carbocycles. The lowest BCUT2D eigenvalue weighted by molar-refractivity contribution is -0.137. The number of alkyl halides is 3. The largest absolute Gasteiger partial charge is 0.416 e. The highest BCUT2D eigenvalue weighted by Gasteiger charge is 2.31. The first-order valence-electron chi connectivity index (χ1n) is 10.7. The van der Waals surface area contributed by atoms with Crippen LogP contribution < -0.4 is 16.0 Å². The van der Waals surface area contributed by atoms with Gasteiger partial charge < -0.3 is 20.7 Å². The number of benzene rings is 2. The molecule has 1 fully saturated rings. The zero-order valence-electron chi connectivity index (χ0n) is 18.2. The highest BCUT2D eigenvalue weighted by atomic mass is 19.4. The molecule has 1 unspecified atom stereocenters. The van der Waals surface area contributed by atoms with Gasteiger partial charge in [0.2, 0.25) is 5.78 Å². The van der Waals surface area contributed by atoms with Gasteiger partial charge in [0.15, 0.2) is 0 Å². The summed E-state index contributed by atoms with van der Waals surface area (Å²) in [7, 11) is 0. The van der Waals surface area contributed by atoms with Gasteiger partial charge >= 0.3 is 6.18 Å². The minimum atomic E-state index is -4.52. The van der Waals surface area contributed by atoms with Gasteiger partial charge in [-0.25, -0.2) is 9.37 Å². The van der Waals surface area contributed by atoms with E-state index in [2.05, 4.69) is 15.3 Å². The van der Waals surface area contributed by atoms with Crippen molar-refractivity contribution in [2.24, 2.45) is 0 Å². The number of ether oxygens (including phenoxy) is 1. The van der Waals surface area contributed by atoms with Crippen LogP contribution in [0.1, 0.15) is 24.1 Å². The van der Waals surface area contributed by atoms with E-state index in [-0.39, 0.29) is 11.5 Å². The number of nitrogens with one attached hydrogen (secondary N) is 1. The number of aromatic nitrogens is 3. The van der Waals surface area contributed by atoms with Crippen LogP contribution in [-0.2, 0) is 10.9 Å². The number of imidazole rings is 1. The van der Waals surface area contributed by atoms with Crippen LogP contribution in [0.25, 0.3) is 16.7 Å². The molecule has 2 aromatic carbocycles. The summed E-state index contributed by atoms with van der Waals surface area (Å²) in [5.41, 5.74) is 6.23. The molecule has 1 saturated heterocycles. The zero-order chi connectivity index (χ0) is 24.0. The van der Waals surface area contributed by atoms with Gasteiger partial charge in [-0.05, 0) is 36.8 Å². The Morgan fingerprint density at radius 2 is 1.88 bits per heavy atom. The van der Waals surface area contributed by atoms with Gasteiger partial charge in [-0.15, -0.1) is 0 Å².